The zero-order valence-electron chi connectivity index (χ0n) is 18.0. The minimum absolute atomic E-state index is 0.00483. The van der Waals surface area contributed by atoms with Crippen molar-refractivity contribution >= 4 is 36.5 Å². The molecular weight excluding hydrogens is 453 g/mol. The van der Waals surface area contributed by atoms with Gasteiger partial charge in [0.2, 0.25) is 5.95 Å². The molecule has 4 rings (SSSR count). The molecule has 176 valence electrons. The summed E-state index contributed by atoms with van der Waals surface area (Å²) in [5.74, 6) is 0.247. The molecule has 1 aromatic carbocycles. The molecule has 1 aliphatic rings. The summed E-state index contributed by atoms with van der Waals surface area (Å²) >= 11 is 0. The molecule has 1 aliphatic heterocycles. The summed E-state index contributed by atoms with van der Waals surface area (Å²) in [5, 5.41) is 2.63. The average molecular weight is 477 g/mol. The Balaban J connectivity index is 1.44. The second kappa shape index (κ2) is 9.41. The molecular formula is C19H24N7O6P. The van der Waals surface area contributed by atoms with Crippen molar-refractivity contribution in [2.45, 2.75) is 32.4 Å². The molecule has 3 heterocycles. The van der Waals surface area contributed by atoms with Crippen LogP contribution in [0.2, 0.25) is 0 Å². The number of nitrogens with zero attached hydrogens (tertiary/aromatic N) is 4. The van der Waals surface area contributed by atoms with E-state index in [0.29, 0.717) is 16.9 Å². The maximum atomic E-state index is 13.3. The van der Waals surface area contributed by atoms with Crippen LogP contribution in [0.4, 0.5) is 11.8 Å². The minimum atomic E-state index is -3.94. The van der Waals surface area contributed by atoms with Crippen LogP contribution in [0.3, 0.4) is 0 Å². The Hall–Kier alpha value is -3.09. The van der Waals surface area contributed by atoms with Gasteiger partial charge < -0.3 is 25.5 Å². The van der Waals surface area contributed by atoms with Gasteiger partial charge in [-0.25, -0.2) is 14.6 Å². The molecule has 0 bridgehead atoms. The predicted molar refractivity (Wildman–Crippen MR) is 118 cm³/mol. The van der Waals surface area contributed by atoms with Gasteiger partial charge in [0.1, 0.15) is 23.7 Å². The quantitative estimate of drug-likeness (QED) is 0.380. The van der Waals surface area contributed by atoms with Crippen molar-refractivity contribution in [3.8, 4) is 5.75 Å². The topological polar surface area (TPSA) is 179 Å². The maximum Gasteiger partial charge on any atom is 0.459 e. The Kier molecular flexibility index (Phi) is 6.58. The van der Waals surface area contributed by atoms with E-state index < -0.39 is 26.3 Å². The molecule has 14 heteroatoms. The van der Waals surface area contributed by atoms with Crippen LogP contribution in [-0.4, -0.2) is 50.8 Å². The Morgan fingerprint density at radius 2 is 2.09 bits per heavy atom. The number of anilines is 2. The van der Waals surface area contributed by atoms with Crippen LogP contribution >= 0.6 is 7.75 Å². The molecule has 1 saturated heterocycles. The molecule has 13 nitrogen and oxygen atoms in total. The number of nitrogens with one attached hydrogen (secondary N) is 1. The van der Waals surface area contributed by atoms with Gasteiger partial charge in [-0.1, -0.05) is 18.2 Å². The van der Waals surface area contributed by atoms with Crippen LogP contribution in [0.25, 0.3) is 11.2 Å². The summed E-state index contributed by atoms with van der Waals surface area (Å²) in [4.78, 5) is 23.9. The van der Waals surface area contributed by atoms with Gasteiger partial charge in [0, 0.05) is 0 Å². The second-order valence-corrected chi connectivity index (χ2v) is 9.00. The van der Waals surface area contributed by atoms with Crippen LogP contribution < -0.4 is 21.1 Å². The largest absolute Gasteiger partial charge is 0.459 e. The highest BCUT2D eigenvalue weighted by molar-refractivity contribution is 7.52. The lowest BCUT2D eigenvalue weighted by Crippen LogP contribution is -2.33. The van der Waals surface area contributed by atoms with Gasteiger partial charge in [0.15, 0.2) is 24.0 Å². The van der Waals surface area contributed by atoms with Crippen molar-refractivity contribution in [2.24, 2.45) is 0 Å². The van der Waals surface area contributed by atoms with Gasteiger partial charge in [0.05, 0.1) is 19.0 Å². The number of Topliss-reactive ketones (excluding diaryl/α,β-unsaturated/α-hetero) is 1. The molecule has 0 aliphatic carbocycles. The Morgan fingerprint density at radius 3 is 2.82 bits per heavy atom. The van der Waals surface area contributed by atoms with Gasteiger partial charge in [-0.15, -0.1) is 0 Å². The van der Waals surface area contributed by atoms with Gasteiger partial charge in [-0.3, -0.25) is 13.9 Å². The van der Waals surface area contributed by atoms with E-state index in [1.54, 1.807) is 41.8 Å². The van der Waals surface area contributed by atoms with E-state index in [1.165, 1.54) is 13.3 Å². The van der Waals surface area contributed by atoms with Crippen molar-refractivity contribution in [2.75, 3.05) is 24.7 Å². The monoisotopic (exact) mass is 477 g/mol. The first-order valence-electron chi connectivity index (χ1n) is 10.0. The second-order valence-electron chi connectivity index (χ2n) is 7.30. The Labute approximate surface area is 189 Å². The number of hydrogen-bond acceptors (Lipinski definition) is 11. The predicted octanol–water partition coefficient (Wildman–Crippen LogP) is 1.63. The fourth-order valence-corrected chi connectivity index (χ4v) is 4.59. The van der Waals surface area contributed by atoms with Crippen LogP contribution in [0.1, 0.15) is 20.1 Å². The highest BCUT2D eigenvalue weighted by Gasteiger charge is 2.35. The Morgan fingerprint density at radius 1 is 1.33 bits per heavy atom. The number of carbonyl (C=O) groups excluding carboxylic acids is 1. The van der Waals surface area contributed by atoms with Crippen LogP contribution in [-0.2, 0) is 23.4 Å². The molecule has 1 fully saturated rings. The van der Waals surface area contributed by atoms with Gasteiger partial charge in [0.25, 0.3) is 0 Å². The third-order valence-electron chi connectivity index (χ3n) is 4.82. The molecule has 4 atom stereocenters. The average Bonchev–Trinajstić information content (AvgIpc) is 3.40. The molecule has 0 saturated carbocycles. The summed E-state index contributed by atoms with van der Waals surface area (Å²) < 4.78 is 37.5. The SMILES string of the molecule is CC(=O)[C@H](C)NP(=O)(OC[C@@H]1OC[C@H](n2cnc3c(N)nc(N)nc32)O1)Oc1ccccc1. The zero-order valence-corrected chi connectivity index (χ0v) is 18.8. The van der Waals surface area contributed by atoms with Crippen molar-refractivity contribution < 1.29 is 27.9 Å². The number of hydrogen-bond donors (Lipinski definition) is 3. The number of fused-ring (bicyclic) bond motifs is 1. The fourth-order valence-electron chi connectivity index (χ4n) is 3.04. The summed E-state index contributed by atoms with van der Waals surface area (Å²) in [7, 11) is -3.94. The van der Waals surface area contributed by atoms with Crippen molar-refractivity contribution in [3.05, 3.63) is 36.7 Å². The molecule has 0 radical (unpaired) electrons. The third kappa shape index (κ3) is 5.29. The molecule has 0 spiro atoms. The number of rotatable bonds is 9. The van der Waals surface area contributed by atoms with E-state index in [2.05, 4.69) is 20.0 Å². The van der Waals surface area contributed by atoms with Crippen LogP contribution in [0.15, 0.2) is 36.7 Å². The summed E-state index contributed by atoms with van der Waals surface area (Å²) in [6, 6.07) is 7.72. The number of nitrogens with two attached hydrogens (primary N) is 2. The fraction of sp³-hybridized carbons (Fsp3) is 0.368. The highest BCUT2D eigenvalue weighted by atomic mass is 31.2. The first-order valence-corrected chi connectivity index (χ1v) is 11.6. The Bertz CT molecular complexity index is 1190. The van der Waals surface area contributed by atoms with Crippen LogP contribution in [0.5, 0.6) is 5.75 Å². The molecule has 2 aromatic heterocycles. The summed E-state index contributed by atoms with van der Waals surface area (Å²) in [5.41, 5.74) is 12.3. The van der Waals surface area contributed by atoms with Crippen molar-refractivity contribution in [3.63, 3.8) is 0 Å². The number of nitrogen functional groups attached to an aromatic ring is 2. The number of imidazole rings is 1. The lowest BCUT2D eigenvalue weighted by atomic mass is 10.3. The molecule has 33 heavy (non-hydrogen) atoms. The maximum absolute atomic E-state index is 13.3. The first kappa shape index (κ1) is 23.1. The number of carbonyl (C=O) groups is 1. The molecule has 3 aromatic rings. The first-order chi connectivity index (χ1) is 15.7. The normalized spacial score (nSPS) is 21.0. The number of ketones is 1. The van der Waals surface area contributed by atoms with Gasteiger partial charge in [-0.05, 0) is 26.0 Å². The van der Waals surface area contributed by atoms with E-state index in [1.807, 2.05) is 0 Å². The van der Waals surface area contributed by atoms with Crippen molar-refractivity contribution in [1.82, 2.24) is 24.6 Å². The number of benzene rings is 1. The smallest absolute Gasteiger partial charge is 0.413 e. The van der Waals surface area contributed by atoms with Gasteiger partial charge in [-0.2, -0.15) is 9.97 Å². The molecule has 0 amide bonds. The van der Waals surface area contributed by atoms with E-state index in [9.17, 15) is 9.36 Å². The summed E-state index contributed by atoms with van der Waals surface area (Å²) in [6.45, 7) is 2.85. The lowest BCUT2D eigenvalue weighted by molar-refractivity contribution is -0.118. The molecule has 1 unspecified atom stereocenters. The van der Waals surface area contributed by atoms with E-state index in [0.717, 1.165) is 0 Å². The number of ether oxygens (including phenoxy) is 2. The number of para-hydroxylation sites is 1. The van der Waals surface area contributed by atoms with E-state index in [-0.39, 0.29) is 30.8 Å². The van der Waals surface area contributed by atoms with Crippen molar-refractivity contribution in [1.29, 1.82) is 0 Å². The van der Waals surface area contributed by atoms with Crippen LogP contribution in [0, 0.1) is 0 Å². The standard InChI is InChI=1S/C19H24N7O6P/c1-11(12(2)27)25-33(28,32-13-6-4-3-5-7-13)30-9-15-29-8-14(31-15)26-10-22-16-17(20)23-19(21)24-18(16)26/h3-7,10-11,14-15H,8-9H2,1-2H3,(H,25,28)(H4,20,21,23,24)/t11-,14+,15+,33?/m0/s1. The summed E-state index contributed by atoms with van der Waals surface area (Å²) in [6.07, 6.45) is 0.0216. The van der Waals surface area contributed by atoms with E-state index >= 15 is 0 Å². The molecule has 5 N–H and O–H groups in total. The lowest BCUT2D eigenvalue weighted by Gasteiger charge is -2.23. The van der Waals surface area contributed by atoms with Gasteiger partial charge >= 0.3 is 7.75 Å². The minimum Gasteiger partial charge on any atom is -0.413 e. The number of aromatic nitrogens is 4. The highest BCUT2D eigenvalue weighted by Crippen LogP contribution is 2.45. The third-order valence-corrected chi connectivity index (χ3v) is 6.46. The van der Waals surface area contributed by atoms with E-state index in [4.69, 9.17) is 30.0 Å². The zero-order chi connectivity index (χ0) is 23.6.